The van der Waals surface area contributed by atoms with Crippen LogP contribution >= 0.6 is 11.6 Å². The van der Waals surface area contributed by atoms with Gasteiger partial charge in [-0.15, -0.1) is 0 Å². The predicted molar refractivity (Wildman–Crippen MR) is 111 cm³/mol. The molecular formula is C20H28ClN3O3S. The summed E-state index contributed by atoms with van der Waals surface area (Å²) in [7, 11) is -1.67. The van der Waals surface area contributed by atoms with Crippen molar-refractivity contribution in [3.05, 3.63) is 40.4 Å². The number of likely N-dealkylation sites (N-methyl/N-ethyl adjacent to an activating group) is 1. The molecule has 1 saturated heterocycles. The number of sulfonamides is 1. The molecule has 1 aliphatic carbocycles. The van der Waals surface area contributed by atoms with Gasteiger partial charge in [0, 0.05) is 32.7 Å². The van der Waals surface area contributed by atoms with Gasteiger partial charge in [0.25, 0.3) is 5.91 Å². The van der Waals surface area contributed by atoms with E-state index in [4.69, 9.17) is 11.6 Å². The van der Waals surface area contributed by atoms with Crippen LogP contribution in [-0.4, -0.2) is 63.3 Å². The molecule has 0 aromatic heterocycles. The number of benzene rings is 1. The Kier molecular flexibility index (Phi) is 7.15. The third-order valence-electron chi connectivity index (χ3n) is 5.40. The lowest BCUT2D eigenvalue weighted by atomic mass is 9.97. The van der Waals surface area contributed by atoms with E-state index in [1.165, 1.54) is 40.9 Å². The fourth-order valence-electron chi connectivity index (χ4n) is 3.58. The lowest BCUT2D eigenvalue weighted by molar-refractivity contribution is 0.0954. The van der Waals surface area contributed by atoms with E-state index in [-0.39, 0.29) is 21.4 Å². The maximum atomic E-state index is 12.9. The van der Waals surface area contributed by atoms with Gasteiger partial charge in [0.2, 0.25) is 10.0 Å². The van der Waals surface area contributed by atoms with E-state index in [9.17, 15) is 13.2 Å². The SMILES string of the molecule is CN1CCN(S(=O)(=O)c2ccc(Cl)c(C(=O)NCCC3=CCCCC3)c2)CC1. The first-order chi connectivity index (χ1) is 13.4. The first-order valence-electron chi connectivity index (χ1n) is 9.82. The molecule has 1 fully saturated rings. The fraction of sp³-hybridized carbons (Fsp3) is 0.550. The maximum Gasteiger partial charge on any atom is 0.252 e. The molecule has 0 saturated carbocycles. The van der Waals surface area contributed by atoms with Crippen molar-refractivity contribution in [3.8, 4) is 0 Å². The molecule has 1 heterocycles. The second-order valence-corrected chi connectivity index (χ2v) is 9.81. The quantitative estimate of drug-likeness (QED) is 0.711. The summed E-state index contributed by atoms with van der Waals surface area (Å²) in [5, 5.41) is 3.13. The summed E-state index contributed by atoms with van der Waals surface area (Å²) in [4.78, 5) is 14.8. The molecule has 154 valence electrons. The molecule has 2 aliphatic rings. The van der Waals surface area contributed by atoms with Crippen molar-refractivity contribution in [2.24, 2.45) is 0 Å². The lowest BCUT2D eigenvalue weighted by Crippen LogP contribution is -2.47. The van der Waals surface area contributed by atoms with Gasteiger partial charge in [-0.3, -0.25) is 4.79 Å². The van der Waals surface area contributed by atoms with E-state index in [0.717, 1.165) is 19.3 Å². The van der Waals surface area contributed by atoms with Crippen molar-refractivity contribution in [2.75, 3.05) is 39.8 Å². The van der Waals surface area contributed by atoms with Crippen LogP contribution in [0.2, 0.25) is 5.02 Å². The van der Waals surface area contributed by atoms with Gasteiger partial charge in [-0.1, -0.05) is 23.3 Å². The highest BCUT2D eigenvalue weighted by Gasteiger charge is 2.28. The third-order valence-corrected chi connectivity index (χ3v) is 7.62. The van der Waals surface area contributed by atoms with Crippen LogP contribution in [0, 0.1) is 0 Å². The minimum absolute atomic E-state index is 0.113. The van der Waals surface area contributed by atoms with Gasteiger partial charge in [0.1, 0.15) is 0 Å². The number of piperazine rings is 1. The first kappa shape index (κ1) is 21.3. The molecule has 0 radical (unpaired) electrons. The molecular weight excluding hydrogens is 398 g/mol. The topological polar surface area (TPSA) is 69.7 Å². The van der Waals surface area contributed by atoms with Crippen molar-refractivity contribution in [1.29, 1.82) is 0 Å². The number of hydrogen-bond donors (Lipinski definition) is 1. The second-order valence-electron chi connectivity index (χ2n) is 7.46. The number of allylic oxidation sites excluding steroid dienone is 1. The zero-order valence-corrected chi connectivity index (χ0v) is 17.9. The summed E-state index contributed by atoms with van der Waals surface area (Å²) in [6.07, 6.45) is 7.73. The van der Waals surface area contributed by atoms with E-state index < -0.39 is 10.0 Å². The Bertz CT molecular complexity index is 846. The van der Waals surface area contributed by atoms with Crippen molar-refractivity contribution >= 4 is 27.5 Å². The minimum Gasteiger partial charge on any atom is -0.352 e. The highest BCUT2D eigenvalue weighted by Crippen LogP contribution is 2.24. The zero-order chi connectivity index (χ0) is 20.1. The van der Waals surface area contributed by atoms with E-state index >= 15 is 0 Å². The van der Waals surface area contributed by atoms with E-state index in [1.54, 1.807) is 0 Å². The number of carbonyl (C=O) groups is 1. The molecule has 1 N–H and O–H groups in total. The van der Waals surface area contributed by atoms with Gasteiger partial charge < -0.3 is 10.2 Å². The maximum absolute atomic E-state index is 12.9. The summed E-state index contributed by atoms with van der Waals surface area (Å²) >= 11 is 6.19. The number of amides is 1. The van der Waals surface area contributed by atoms with E-state index in [2.05, 4.69) is 16.3 Å². The van der Waals surface area contributed by atoms with Gasteiger partial charge in [-0.25, -0.2) is 8.42 Å². The Morgan fingerprint density at radius 1 is 1.18 bits per heavy atom. The van der Waals surface area contributed by atoms with E-state index in [0.29, 0.717) is 32.7 Å². The average Bonchev–Trinajstić information content (AvgIpc) is 2.69. The van der Waals surface area contributed by atoms with Gasteiger partial charge in [0.15, 0.2) is 0 Å². The Labute approximate surface area is 172 Å². The van der Waals surface area contributed by atoms with Crippen molar-refractivity contribution in [2.45, 2.75) is 37.0 Å². The lowest BCUT2D eigenvalue weighted by Gasteiger charge is -2.31. The van der Waals surface area contributed by atoms with Crippen LogP contribution in [0.5, 0.6) is 0 Å². The first-order valence-corrected chi connectivity index (χ1v) is 11.6. The molecule has 0 bridgehead atoms. The normalized spacial score (nSPS) is 19.3. The largest absolute Gasteiger partial charge is 0.352 e. The standard InChI is InChI=1S/C20H28ClN3O3S/c1-23-11-13-24(14-12-23)28(26,27)17-7-8-19(21)18(15-17)20(25)22-10-9-16-5-3-2-4-6-16/h5,7-8,15H,2-4,6,9-14H2,1H3,(H,22,25). The Morgan fingerprint density at radius 2 is 1.93 bits per heavy atom. The highest BCUT2D eigenvalue weighted by molar-refractivity contribution is 7.89. The highest BCUT2D eigenvalue weighted by atomic mass is 35.5. The summed E-state index contributed by atoms with van der Waals surface area (Å²) < 4.78 is 27.3. The van der Waals surface area contributed by atoms with Crippen LogP contribution < -0.4 is 5.32 Å². The monoisotopic (exact) mass is 425 g/mol. The van der Waals surface area contributed by atoms with Crippen LogP contribution in [0.1, 0.15) is 42.5 Å². The molecule has 0 unspecified atom stereocenters. The van der Waals surface area contributed by atoms with E-state index in [1.807, 2.05) is 7.05 Å². The van der Waals surface area contributed by atoms with Crippen LogP contribution in [0.3, 0.4) is 0 Å². The zero-order valence-electron chi connectivity index (χ0n) is 16.3. The molecule has 3 rings (SSSR count). The number of carbonyl (C=O) groups excluding carboxylic acids is 1. The molecule has 6 nitrogen and oxygen atoms in total. The van der Waals surface area contributed by atoms with Gasteiger partial charge in [-0.05, 0) is 57.4 Å². The van der Waals surface area contributed by atoms with Crippen molar-refractivity contribution < 1.29 is 13.2 Å². The molecule has 1 aromatic carbocycles. The fourth-order valence-corrected chi connectivity index (χ4v) is 5.23. The van der Waals surface area contributed by atoms with Crippen molar-refractivity contribution in [1.82, 2.24) is 14.5 Å². The second kappa shape index (κ2) is 9.39. The smallest absolute Gasteiger partial charge is 0.252 e. The van der Waals surface area contributed by atoms with Gasteiger partial charge in [-0.2, -0.15) is 4.31 Å². The van der Waals surface area contributed by atoms with Crippen LogP contribution in [0.25, 0.3) is 0 Å². The minimum atomic E-state index is -3.64. The summed E-state index contributed by atoms with van der Waals surface area (Å²) in [6, 6.07) is 4.36. The Hall–Kier alpha value is -1.41. The number of nitrogens with one attached hydrogen (secondary N) is 1. The third kappa shape index (κ3) is 5.14. The number of nitrogens with zero attached hydrogens (tertiary/aromatic N) is 2. The van der Waals surface area contributed by atoms with Crippen LogP contribution in [0.15, 0.2) is 34.7 Å². The molecule has 28 heavy (non-hydrogen) atoms. The van der Waals surface area contributed by atoms with Crippen LogP contribution in [-0.2, 0) is 10.0 Å². The van der Waals surface area contributed by atoms with Gasteiger partial charge in [0.05, 0.1) is 15.5 Å². The number of hydrogen-bond acceptors (Lipinski definition) is 4. The van der Waals surface area contributed by atoms with Crippen LogP contribution in [0.4, 0.5) is 0 Å². The molecule has 1 amide bonds. The average molecular weight is 426 g/mol. The molecule has 0 spiro atoms. The number of rotatable bonds is 6. The summed E-state index contributed by atoms with van der Waals surface area (Å²) in [5.41, 5.74) is 1.58. The molecule has 1 aromatic rings. The van der Waals surface area contributed by atoms with Gasteiger partial charge >= 0.3 is 0 Å². The Morgan fingerprint density at radius 3 is 2.61 bits per heavy atom. The molecule has 8 heteroatoms. The Balaban J connectivity index is 1.68. The molecule has 1 aliphatic heterocycles. The van der Waals surface area contributed by atoms with Crippen molar-refractivity contribution in [3.63, 3.8) is 0 Å². The summed E-state index contributed by atoms with van der Waals surface area (Å²) in [6.45, 7) is 2.79. The number of halogens is 1. The summed E-state index contributed by atoms with van der Waals surface area (Å²) in [5.74, 6) is -0.336. The molecule has 0 atom stereocenters. The predicted octanol–water partition coefficient (Wildman–Crippen LogP) is 2.90.